The van der Waals surface area contributed by atoms with Gasteiger partial charge in [-0.1, -0.05) is 56.1 Å². The first-order chi connectivity index (χ1) is 17.7. The summed E-state index contributed by atoms with van der Waals surface area (Å²) in [6.45, 7) is 8.58. The Kier molecular flexibility index (Phi) is 8.95. The molecule has 0 spiro atoms. The molecule has 38 heavy (non-hydrogen) atoms. The van der Waals surface area contributed by atoms with Crippen molar-refractivity contribution in [1.29, 1.82) is 0 Å². The molecule has 0 radical (unpaired) electrons. The van der Waals surface area contributed by atoms with Crippen LogP contribution in [0.25, 0.3) is 22.6 Å². The van der Waals surface area contributed by atoms with Gasteiger partial charge in [-0.3, -0.25) is 0 Å². The molecule has 2 aromatic heterocycles. The van der Waals surface area contributed by atoms with Crippen LogP contribution in [0, 0.1) is 0 Å². The molecule has 5 rings (SSSR count). The molecule has 4 aromatic rings. The van der Waals surface area contributed by atoms with Gasteiger partial charge >= 0.3 is 0 Å². The molecule has 204 valence electrons. The van der Waals surface area contributed by atoms with Crippen molar-refractivity contribution in [2.24, 2.45) is 0 Å². The number of aliphatic hydroxyl groups excluding tert-OH is 1. The van der Waals surface area contributed by atoms with Crippen molar-refractivity contribution in [3.8, 4) is 17.4 Å². The van der Waals surface area contributed by atoms with Crippen LogP contribution < -0.4 is 4.74 Å². The van der Waals surface area contributed by atoms with E-state index < -0.39 is 6.10 Å². The second kappa shape index (κ2) is 11.8. The number of aliphatic hydroxyl groups is 1. The SMILES string of the molecule is CC(C)(C)c1nnc(-c2cc3c(OC[C@@H](O)CN4CCC(c5ccc(Cl)c(Cl)c5)CC4)cccc3o2)o1.Cl. The summed E-state index contributed by atoms with van der Waals surface area (Å²) in [7, 11) is 0. The number of fused-ring (bicyclic) bond motifs is 1. The molecule has 1 atom stereocenters. The lowest BCUT2D eigenvalue weighted by Crippen LogP contribution is -2.40. The molecule has 10 heteroatoms. The molecule has 1 aliphatic rings. The zero-order valence-electron chi connectivity index (χ0n) is 21.6. The van der Waals surface area contributed by atoms with Gasteiger partial charge in [0.05, 0.1) is 15.4 Å². The van der Waals surface area contributed by atoms with E-state index in [0.717, 1.165) is 31.3 Å². The third-order valence-electron chi connectivity index (χ3n) is 6.70. The van der Waals surface area contributed by atoms with Crippen LogP contribution in [0.15, 0.2) is 51.3 Å². The highest BCUT2D eigenvalue weighted by Gasteiger charge is 2.25. The molecule has 1 saturated heterocycles. The zero-order chi connectivity index (χ0) is 26.2. The van der Waals surface area contributed by atoms with E-state index >= 15 is 0 Å². The van der Waals surface area contributed by atoms with Crippen LogP contribution in [0.3, 0.4) is 0 Å². The van der Waals surface area contributed by atoms with Crippen LogP contribution in [0.1, 0.15) is 51.0 Å². The first-order valence-electron chi connectivity index (χ1n) is 12.5. The maximum Gasteiger partial charge on any atom is 0.283 e. The van der Waals surface area contributed by atoms with Crippen LogP contribution in [-0.4, -0.2) is 52.5 Å². The number of hydrogen-bond acceptors (Lipinski definition) is 7. The average Bonchev–Trinajstić information content (AvgIpc) is 3.53. The van der Waals surface area contributed by atoms with E-state index in [0.29, 0.717) is 51.4 Å². The molecule has 0 aliphatic carbocycles. The number of halogens is 3. The summed E-state index contributed by atoms with van der Waals surface area (Å²) < 4.78 is 17.8. The quantitative estimate of drug-likeness (QED) is 0.249. The number of rotatable bonds is 7. The van der Waals surface area contributed by atoms with E-state index in [2.05, 4.69) is 21.2 Å². The molecule has 3 heterocycles. The standard InChI is InChI=1S/C28H31Cl2N3O4.ClH/c1-28(2,3)27-32-31-26(37-27)25-14-20-23(5-4-6-24(20)36-25)35-16-19(34)15-33-11-9-17(10-12-33)18-7-8-21(29)22(30)13-18;/h4-8,13-14,17,19,34H,9-12,15-16H2,1-3H3;1H/t19-;/m0./s1. The zero-order valence-corrected chi connectivity index (χ0v) is 23.9. The van der Waals surface area contributed by atoms with Crippen molar-refractivity contribution in [2.75, 3.05) is 26.2 Å². The Labute approximate surface area is 238 Å². The normalized spacial score (nSPS) is 15.9. The predicted octanol–water partition coefficient (Wildman–Crippen LogP) is 7.13. The molecular weight excluding hydrogens is 549 g/mol. The Bertz CT molecular complexity index is 1370. The van der Waals surface area contributed by atoms with Crippen molar-refractivity contribution in [3.05, 3.63) is 64.0 Å². The Morgan fingerprint density at radius 1 is 1.05 bits per heavy atom. The second-order valence-corrected chi connectivity index (χ2v) is 11.5. The Balaban J connectivity index is 0.00000336. The van der Waals surface area contributed by atoms with Gasteiger partial charge < -0.3 is 23.6 Å². The minimum atomic E-state index is -0.617. The third-order valence-corrected chi connectivity index (χ3v) is 7.44. The summed E-state index contributed by atoms with van der Waals surface area (Å²) in [5.74, 6) is 2.45. The summed E-state index contributed by atoms with van der Waals surface area (Å²) in [5, 5.41) is 20.9. The van der Waals surface area contributed by atoms with Gasteiger partial charge in [-0.05, 0) is 61.7 Å². The van der Waals surface area contributed by atoms with Crippen molar-refractivity contribution >= 4 is 46.6 Å². The van der Waals surface area contributed by atoms with Gasteiger partial charge in [-0.25, -0.2) is 0 Å². The van der Waals surface area contributed by atoms with Gasteiger partial charge in [0, 0.05) is 18.0 Å². The highest BCUT2D eigenvalue weighted by Crippen LogP contribution is 2.35. The lowest BCUT2D eigenvalue weighted by Gasteiger charge is -2.33. The van der Waals surface area contributed by atoms with Gasteiger partial charge in [0.2, 0.25) is 5.89 Å². The smallest absolute Gasteiger partial charge is 0.283 e. The van der Waals surface area contributed by atoms with Crippen molar-refractivity contribution in [1.82, 2.24) is 15.1 Å². The molecule has 1 aliphatic heterocycles. The second-order valence-electron chi connectivity index (χ2n) is 10.7. The average molecular weight is 581 g/mol. The summed E-state index contributed by atoms with van der Waals surface area (Å²) >= 11 is 12.3. The Hall–Kier alpha value is -2.29. The van der Waals surface area contributed by atoms with E-state index in [1.807, 2.05) is 57.2 Å². The Morgan fingerprint density at radius 2 is 1.82 bits per heavy atom. The highest BCUT2D eigenvalue weighted by molar-refractivity contribution is 6.42. The molecule has 2 aromatic carbocycles. The first-order valence-corrected chi connectivity index (χ1v) is 13.3. The number of hydrogen-bond donors (Lipinski definition) is 1. The van der Waals surface area contributed by atoms with Crippen LogP contribution in [0.4, 0.5) is 0 Å². The molecule has 0 bridgehead atoms. The number of likely N-dealkylation sites (tertiary alicyclic amines) is 1. The van der Waals surface area contributed by atoms with E-state index in [1.165, 1.54) is 5.56 Å². The maximum absolute atomic E-state index is 10.7. The summed E-state index contributed by atoms with van der Waals surface area (Å²) in [5.41, 5.74) is 1.63. The van der Waals surface area contributed by atoms with Crippen LogP contribution >= 0.6 is 35.6 Å². The first kappa shape index (κ1) is 28.7. The number of benzene rings is 2. The van der Waals surface area contributed by atoms with E-state index in [-0.39, 0.29) is 24.4 Å². The number of nitrogens with zero attached hydrogens (tertiary/aromatic N) is 3. The number of aromatic nitrogens is 2. The van der Waals surface area contributed by atoms with E-state index in [4.69, 9.17) is 36.8 Å². The van der Waals surface area contributed by atoms with Gasteiger partial charge in [-0.15, -0.1) is 22.6 Å². The monoisotopic (exact) mass is 579 g/mol. The fraction of sp³-hybridized carbons (Fsp3) is 0.429. The molecule has 1 fully saturated rings. The van der Waals surface area contributed by atoms with Crippen LogP contribution in [0.5, 0.6) is 5.75 Å². The van der Waals surface area contributed by atoms with Crippen molar-refractivity contribution in [2.45, 2.75) is 51.0 Å². The number of piperidine rings is 1. The van der Waals surface area contributed by atoms with Gasteiger partial charge in [0.25, 0.3) is 5.89 Å². The largest absolute Gasteiger partial charge is 0.490 e. The van der Waals surface area contributed by atoms with Gasteiger partial charge in [0.1, 0.15) is 24.0 Å². The third kappa shape index (κ3) is 6.46. The fourth-order valence-corrected chi connectivity index (χ4v) is 4.95. The van der Waals surface area contributed by atoms with Crippen molar-refractivity contribution in [3.63, 3.8) is 0 Å². The lowest BCUT2D eigenvalue weighted by molar-refractivity contribution is 0.0599. The summed E-state index contributed by atoms with van der Waals surface area (Å²) in [6, 6.07) is 13.3. The van der Waals surface area contributed by atoms with E-state index in [1.54, 1.807) is 0 Å². The van der Waals surface area contributed by atoms with Crippen LogP contribution in [0.2, 0.25) is 10.0 Å². The minimum absolute atomic E-state index is 0. The van der Waals surface area contributed by atoms with Gasteiger partial charge in [0.15, 0.2) is 5.76 Å². The molecule has 0 amide bonds. The molecule has 7 nitrogen and oxygen atoms in total. The molecule has 0 saturated carbocycles. The van der Waals surface area contributed by atoms with E-state index in [9.17, 15) is 5.11 Å². The number of ether oxygens (including phenoxy) is 1. The maximum atomic E-state index is 10.7. The molecule has 0 unspecified atom stereocenters. The number of β-amino-alcohol motifs (C(OH)–C–C–N with tert-alkyl or cyclic N) is 1. The topological polar surface area (TPSA) is 84.8 Å². The minimum Gasteiger partial charge on any atom is -0.490 e. The van der Waals surface area contributed by atoms with Crippen molar-refractivity contribution < 1.29 is 18.7 Å². The highest BCUT2D eigenvalue weighted by atomic mass is 35.5. The number of furan rings is 1. The molecular formula is C28H32Cl3N3O4. The lowest BCUT2D eigenvalue weighted by atomic mass is 9.89. The summed E-state index contributed by atoms with van der Waals surface area (Å²) in [6.07, 6.45) is 1.40. The van der Waals surface area contributed by atoms with Gasteiger partial charge in [-0.2, -0.15) is 0 Å². The predicted molar refractivity (Wildman–Crippen MR) is 152 cm³/mol. The summed E-state index contributed by atoms with van der Waals surface area (Å²) in [4.78, 5) is 2.28. The fourth-order valence-electron chi connectivity index (χ4n) is 4.64. The Morgan fingerprint density at radius 3 is 2.50 bits per heavy atom. The van der Waals surface area contributed by atoms with Crippen LogP contribution in [-0.2, 0) is 5.41 Å². The molecule has 1 N–H and O–H groups in total.